The minimum atomic E-state index is -0.636. The number of hydrogen-bond donors (Lipinski definition) is 0. The number of benzene rings is 3. The minimum Gasteiger partial charge on any atom is -0.494 e. The zero-order chi connectivity index (χ0) is 23.8. The highest BCUT2D eigenvalue weighted by Gasteiger charge is 2.43. The topological polar surface area (TPSA) is 59.8 Å². The lowest BCUT2D eigenvalue weighted by Gasteiger charge is -2.26. The van der Waals surface area contributed by atoms with Crippen LogP contribution >= 0.6 is 27.5 Å². The van der Waals surface area contributed by atoms with E-state index in [4.69, 9.17) is 20.8 Å². The average molecular weight is 539 g/mol. The Balaban J connectivity index is 1.70. The molecule has 172 valence electrons. The summed E-state index contributed by atoms with van der Waals surface area (Å²) in [6, 6.07) is 19.5. The van der Waals surface area contributed by atoms with Crippen molar-refractivity contribution < 1.29 is 13.9 Å². The second kappa shape index (κ2) is 9.28. The van der Waals surface area contributed by atoms with E-state index in [0.29, 0.717) is 33.9 Å². The Bertz CT molecular complexity index is 1460. The van der Waals surface area contributed by atoms with E-state index in [1.807, 2.05) is 49.4 Å². The predicted octanol–water partition coefficient (Wildman–Crippen LogP) is 6.74. The molecule has 34 heavy (non-hydrogen) atoms. The summed E-state index contributed by atoms with van der Waals surface area (Å²) >= 11 is 9.85. The van der Waals surface area contributed by atoms with Gasteiger partial charge in [-0.25, -0.2) is 0 Å². The second-order valence-corrected chi connectivity index (χ2v) is 9.49. The maximum absolute atomic E-state index is 13.7. The lowest BCUT2D eigenvalue weighted by molar-refractivity contribution is 0.0714. The zero-order valence-corrected chi connectivity index (χ0v) is 20.7. The van der Waals surface area contributed by atoms with E-state index in [1.54, 1.807) is 29.2 Å². The lowest BCUT2D eigenvalue weighted by atomic mass is 9.98. The van der Waals surface area contributed by atoms with E-state index < -0.39 is 6.04 Å². The molecule has 1 unspecified atom stereocenters. The van der Waals surface area contributed by atoms with Crippen molar-refractivity contribution in [3.63, 3.8) is 0 Å². The maximum Gasteiger partial charge on any atom is 0.291 e. The molecule has 0 bridgehead atoms. The normalized spacial score (nSPS) is 15.1. The van der Waals surface area contributed by atoms with Gasteiger partial charge in [0.05, 0.1) is 23.6 Å². The number of carbonyl (C=O) groups is 1. The number of rotatable bonds is 6. The molecule has 0 fully saturated rings. The summed E-state index contributed by atoms with van der Waals surface area (Å²) in [6.45, 7) is 2.84. The third-order valence-corrected chi connectivity index (χ3v) is 6.73. The Labute approximate surface area is 210 Å². The summed E-state index contributed by atoms with van der Waals surface area (Å²) in [5.74, 6) is 0.407. The molecule has 3 aromatic carbocycles. The van der Waals surface area contributed by atoms with Crippen LogP contribution in [0.4, 0.5) is 0 Å². The number of nitrogens with zero attached hydrogens (tertiary/aromatic N) is 1. The molecule has 0 saturated carbocycles. The summed E-state index contributed by atoms with van der Waals surface area (Å²) in [5, 5.41) is 0.974. The molecule has 0 N–H and O–H groups in total. The Morgan fingerprint density at radius 2 is 1.88 bits per heavy atom. The van der Waals surface area contributed by atoms with Gasteiger partial charge in [0, 0.05) is 16.0 Å². The molecule has 1 amide bonds. The Hall–Kier alpha value is -3.09. The van der Waals surface area contributed by atoms with Crippen molar-refractivity contribution in [2.45, 2.75) is 25.9 Å². The summed E-state index contributed by atoms with van der Waals surface area (Å²) in [7, 11) is 0. The van der Waals surface area contributed by atoms with Gasteiger partial charge in [0.15, 0.2) is 5.43 Å². The third-order valence-electron chi connectivity index (χ3n) is 5.87. The van der Waals surface area contributed by atoms with Gasteiger partial charge in [-0.1, -0.05) is 64.8 Å². The molecule has 1 aliphatic rings. The van der Waals surface area contributed by atoms with Crippen molar-refractivity contribution in [3.05, 3.63) is 109 Å². The number of amides is 1. The molecule has 0 aliphatic carbocycles. The molecule has 0 spiro atoms. The van der Waals surface area contributed by atoms with Crippen LogP contribution < -0.4 is 10.2 Å². The van der Waals surface area contributed by atoms with Crippen LogP contribution in [0.5, 0.6) is 5.75 Å². The van der Waals surface area contributed by atoms with Gasteiger partial charge >= 0.3 is 0 Å². The number of carbonyl (C=O) groups excluding carboxylic acids is 1. The molecular formula is C27H21BrClNO4. The fourth-order valence-corrected chi connectivity index (χ4v) is 4.86. The zero-order valence-electron chi connectivity index (χ0n) is 18.4. The summed E-state index contributed by atoms with van der Waals surface area (Å²) in [6.07, 6.45) is 0.873. The van der Waals surface area contributed by atoms with Gasteiger partial charge < -0.3 is 14.1 Å². The molecule has 4 aromatic rings. The van der Waals surface area contributed by atoms with Crippen LogP contribution in [-0.2, 0) is 6.54 Å². The largest absolute Gasteiger partial charge is 0.494 e. The van der Waals surface area contributed by atoms with E-state index in [-0.39, 0.29) is 23.6 Å². The van der Waals surface area contributed by atoms with Gasteiger partial charge in [0.25, 0.3) is 5.91 Å². The Morgan fingerprint density at radius 1 is 1.06 bits per heavy atom. The van der Waals surface area contributed by atoms with Gasteiger partial charge in [0.1, 0.15) is 11.3 Å². The highest BCUT2D eigenvalue weighted by Crippen LogP contribution is 2.40. The number of ether oxygens (including phenoxy) is 1. The quantitative estimate of drug-likeness (QED) is 0.273. The number of hydrogen-bond acceptors (Lipinski definition) is 4. The van der Waals surface area contributed by atoms with Crippen molar-refractivity contribution >= 4 is 44.4 Å². The van der Waals surface area contributed by atoms with Gasteiger partial charge in [0.2, 0.25) is 5.76 Å². The van der Waals surface area contributed by atoms with E-state index in [0.717, 1.165) is 22.0 Å². The van der Waals surface area contributed by atoms with Crippen LogP contribution in [0.3, 0.4) is 0 Å². The maximum atomic E-state index is 13.7. The van der Waals surface area contributed by atoms with Crippen molar-refractivity contribution in [1.82, 2.24) is 4.90 Å². The fraction of sp³-hybridized carbons (Fsp3) is 0.185. The van der Waals surface area contributed by atoms with Gasteiger partial charge in [-0.2, -0.15) is 0 Å². The van der Waals surface area contributed by atoms with Crippen LogP contribution in [0.25, 0.3) is 11.0 Å². The first kappa shape index (κ1) is 22.7. The number of halogens is 2. The second-order valence-electron chi connectivity index (χ2n) is 8.16. The van der Waals surface area contributed by atoms with Crippen molar-refractivity contribution in [2.24, 2.45) is 0 Å². The van der Waals surface area contributed by atoms with Crippen molar-refractivity contribution in [2.75, 3.05) is 6.61 Å². The van der Waals surface area contributed by atoms with Gasteiger partial charge in [-0.15, -0.1) is 0 Å². The smallest absolute Gasteiger partial charge is 0.291 e. The molecular weight excluding hydrogens is 518 g/mol. The summed E-state index contributed by atoms with van der Waals surface area (Å²) in [5.41, 5.74) is 2.04. The molecule has 0 radical (unpaired) electrons. The first-order chi connectivity index (χ1) is 16.5. The highest BCUT2D eigenvalue weighted by atomic mass is 79.9. The molecule has 2 heterocycles. The Morgan fingerprint density at radius 3 is 2.68 bits per heavy atom. The van der Waals surface area contributed by atoms with E-state index >= 15 is 0 Å². The lowest BCUT2D eigenvalue weighted by Crippen LogP contribution is -2.29. The van der Waals surface area contributed by atoms with E-state index in [9.17, 15) is 9.59 Å². The molecule has 5 rings (SSSR count). The van der Waals surface area contributed by atoms with Crippen molar-refractivity contribution in [3.8, 4) is 5.75 Å². The first-order valence-corrected chi connectivity index (χ1v) is 12.2. The average Bonchev–Trinajstić information content (AvgIpc) is 3.11. The fourth-order valence-electron chi connectivity index (χ4n) is 4.31. The van der Waals surface area contributed by atoms with Crippen LogP contribution in [0.15, 0.2) is 80.4 Å². The molecule has 0 saturated heterocycles. The van der Waals surface area contributed by atoms with Crippen LogP contribution in [0.2, 0.25) is 5.02 Å². The number of fused-ring (bicyclic) bond motifs is 2. The van der Waals surface area contributed by atoms with Gasteiger partial charge in [-0.05, 0) is 53.9 Å². The standard InChI is InChI=1S/C27H21BrClNO4/c1-2-12-33-19-8-5-7-16(13-19)24-23-25(31)20-14-18(28)10-11-22(20)34-26(23)27(32)30(24)15-17-6-3-4-9-21(17)29/h3-11,13-14,24H,2,12,15H2,1H3. The summed E-state index contributed by atoms with van der Waals surface area (Å²) in [4.78, 5) is 29.0. The monoisotopic (exact) mass is 537 g/mol. The third kappa shape index (κ3) is 4.01. The van der Waals surface area contributed by atoms with Crippen LogP contribution in [0, 0.1) is 0 Å². The SMILES string of the molecule is CCCOc1cccc(C2c3c(oc4ccc(Br)cc4c3=O)C(=O)N2Cc2ccccc2Cl)c1. The minimum absolute atomic E-state index is 0.0664. The van der Waals surface area contributed by atoms with E-state index in [2.05, 4.69) is 15.9 Å². The first-order valence-electron chi connectivity index (χ1n) is 11.0. The van der Waals surface area contributed by atoms with Gasteiger partial charge in [-0.3, -0.25) is 9.59 Å². The molecule has 1 aromatic heterocycles. The summed E-state index contributed by atoms with van der Waals surface area (Å²) < 4.78 is 12.6. The van der Waals surface area contributed by atoms with Crippen LogP contribution in [0.1, 0.15) is 46.6 Å². The molecule has 1 atom stereocenters. The van der Waals surface area contributed by atoms with Crippen LogP contribution in [-0.4, -0.2) is 17.4 Å². The Kier molecular flexibility index (Phi) is 6.19. The van der Waals surface area contributed by atoms with E-state index in [1.165, 1.54) is 0 Å². The predicted molar refractivity (Wildman–Crippen MR) is 136 cm³/mol. The molecule has 1 aliphatic heterocycles. The van der Waals surface area contributed by atoms with Crippen molar-refractivity contribution in [1.29, 1.82) is 0 Å². The highest BCUT2D eigenvalue weighted by molar-refractivity contribution is 9.10. The molecule has 5 nitrogen and oxygen atoms in total. The molecule has 7 heteroatoms.